The van der Waals surface area contributed by atoms with Gasteiger partial charge in [0.25, 0.3) is 5.91 Å². The van der Waals surface area contributed by atoms with Crippen LogP contribution >= 0.6 is 0 Å². The third kappa shape index (κ3) is 5.08. The topological polar surface area (TPSA) is 70.5 Å². The van der Waals surface area contributed by atoms with Crippen molar-refractivity contribution in [3.63, 3.8) is 0 Å². The van der Waals surface area contributed by atoms with Crippen LogP contribution in [0.5, 0.6) is 0 Å². The lowest BCUT2D eigenvalue weighted by atomic mass is 10.2. The minimum atomic E-state index is -4.74. The van der Waals surface area contributed by atoms with Crippen molar-refractivity contribution in [2.75, 3.05) is 37.6 Å². The molecular formula is C19H21F4N5O2. The highest BCUT2D eigenvalue weighted by atomic mass is 19.4. The van der Waals surface area contributed by atoms with Crippen molar-refractivity contribution in [3.8, 4) is 0 Å². The molecule has 0 radical (unpaired) electrons. The van der Waals surface area contributed by atoms with Gasteiger partial charge in [-0.05, 0) is 24.3 Å². The summed E-state index contributed by atoms with van der Waals surface area (Å²) in [6, 6.07) is 6.11. The van der Waals surface area contributed by atoms with Crippen LogP contribution in [0.2, 0.25) is 0 Å². The first kappa shape index (κ1) is 21.6. The highest BCUT2D eigenvalue weighted by molar-refractivity contribution is 5.95. The Morgan fingerprint density at radius 2 is 1.73 bits per heavy atom. The molecule has 1 aromatic heterocycles. The number of benzene rings is 1. The molecule has 0 aliphatic carbocycles. The van der Waals surface area contributed by atoms with E-state index in [1.165, 1.54) is 19.2 Å². The summed E-state index contributed by atoms with van der Waals surface area (Å²) >= 11 is 0. The molecule has 2 aromatic rings. The van der Waals surface area contributed by atoms with E-state index >= 15 is 0 Å². The van der Waals surface area contributed by atoms with Crippen molar-refractivity contribution in [1.29, 1.82) is 0 Å². The molecule has 1 aliphatic rings. The lowest BCUT2D eigenvalue weighted by Gasteiger charge is -2.36. The molecule has 11 heteroatoms. The third-order valence-corrected chi connectivity index (χ3v) is 4.79. The third-order valence-electron chi connectivity index (χ3n) is 4.79. The number of aryl methyl sites for hydroxylation is 1. The van der Waals surface area contributed by atoms with Gasteiger partial charge in [-0.3, -0.25) is 14.3 Å². The Kier molecular flexibility index (Phi) is 6.28. The summed E-state index contributed by atoms with van der Waals surface area (Å²) in [7, 11) is 1.29. The van der Waals surface area contributed by atoms with Crippen LogP contribution in [0.3, 0.4) is 0 Å². The molecule has 1 saturated heterocycles. The Hall–Kier alpha value is -3.11. The van der Waals surface area contributed by atoms with Crippen molar-refractivity contribution in [2.24, 2.45) is 7.05 Å². The Balaban J connectivity index is 1.47. The molecule has 0 unspecified atom stereocenters. The number of alkyl halides is 3. The van der Waals surface area contributed by atoms with E-state index in [2.05, 4.69) is 10.4 Å². The second kappa shape index (κ2) is 8.72. The van der Waals surface area contributed by atoms with Crippen LogP contribution in [0.4, 0.5) is 23.2 Å². The number of carbonyl (C=O) groups excluding carboxylic acids is 2. The minimum absolute atomic E-state index is 0.0239. The Morgan fingerprint density at radius 3 is 2.33 bits per heavy atom. The first-order valence-corrected chi connectivity index (χ1v) is 9.32. The van der Waals surface area contributed by atoms with Gasteiger partial charge in [-0.15, -0.1) is 0 Å². The molecule has 2 amide bonds. The molecule has 1 N–H and O–H groups in total. The largest absolute Gasteiger partial charge is 0.435 e. The van der Waals surface area contributed by atoms with Gasteiger partial charge < -0.3 is 15.1 Å². The molecule has 0 bridgehead atoms. The maximum Gasteiger partial charge on any atom is 0.435 e. The number of aromatic nitrogens is 2. The number of rotatable bonds is 5. The van der Waals surface area contributed by atoms with Crippen LogP contribution in [-0.2, 0) is 18.0 Å². The normalized spacial score (nSPS) is 14.7. The van der Waals surface area contributed by atoms with E-state index in [1.54, 1.807) is 17.0 Å². The minimum Gasteiger partial charge on any atom is -0.368 e. The number of carbonyl (C=O) groups is 2. The van der Waals surface area contributed by atoms with Gasteiger partial charge in [-0.1, -0.05) is 0 Å². The summed E-state index contributed by atoms with van der Waals surface area (Å²) in [6.45, 7) is 2.00. The van der Waals surface area contributed by atoms with Gasteiger partial charge >= 0.3 is 6.18 Å². The van der Waals surface area contributed by atoms with Gasteiger partial charge in [0.05, 0.1) is 5.56 Å². The molecule has 1 fully saturated rings. The molecule has 0 spiro atoms. The first-order valence-electron chi connectivity index (χ1n) is 9.32. The number of nitrogens with zero attached hydrogens (tertiary/aromatic N) is 4. The monoisotopic (exact) mass is 427 g/mol. The van der Waals surface area contributed by atoms with Crippen molar-refractivity contribution >= 4 is 17.5 Å². The Bertz CT molecular complexity index is 903. The molecule has 162 valence electrons. The molecule has 30 heavy (non-hydrogen) atoms. The maximum absolute atomic E-state index is 13.0. The summed E-state index contributed by atoms with van der Waals surface area (Å²) < 4.78 is 52.8. The van der Waals surface area contributed by atoms with E-state index < -0.39 is 23.3 Å². The lowest BCUT2D eigenvalue weighted by Crippen LogP contribution is -2.49. The zero-order valence-corrected chi connectivity index (χ0v) is 16.2. The standard InChI is InChI=1S/C19H21F4N5O2/c1-26-12-15(17(25-26)19(21,22)23)18(30)24-7-6-16(29)28-10-8-27(9-11-28)14-4-2-13(20)3-5-14/h2-5,12H,6-11H2,1H3,(H,24,30). The average Bonchev–Trinajstić information content (AvgIpc) is 3.11. The number of nitrogens with one attached hydrogen (secondary N) is 1. The fourth-order valence-corrected chi connectivity index (χ4v) is 3.27. The van der Waals surface area contributed by atoms with Crippen molar-refractivity contribution in [1.82, 2.24) is 20.0 Å². The Morgan fingerprint density at radius 1 is 1.10 bits per heavy atom. The predicted octanol–water partition coefficient (Wildman–Crippen LogP) is 2.05. The van der Waals surface area contributed by atoms with Crippen LogP contribution < -0.4 is 10.2 Å². The molecule has 0 saturated carbocycles. The van der Waals surface area contributed by atoms with E-state index in [1.807, 2.05) is 4.90 Å². The van der Waals surface area contributed by atoms with Crippen LogP contribution in [-0.4, -0.2) is 59.2 Å². The molecular weight excluding hydrogens is 406 g/mol. The first-order chi connectivity index (χ1) is 14.1. The molecule has 1 aliphatic heterocycles. The zero-order chi connectivity index (χ0) is 21.9. The van der Waals surface area contributed by atoms with Crippen LogP contribution in [0.25, 0.3) is 0 Å². The van der Waals surface area contributed by atoms with Gasteiger partial charge in [0, 0.05) is 58.1 Å². The average molecular weight is 427 g/mol. The van der Waals surface area contributed by atoms with Gasteiger partial charge in [0.1, 0.15) is 5.82 Å². The van der Waals surface area contributed by atoms with Gasteiger partial charge in [-0.2, -0.15) is 18.3 Å². The van der Waals surface area contributed by atoms with E-state index in [4.69, 9.17) is 0 Å². The predicted molar refractivity (Wildman–Crippen MR) is 100 cm³/mol. The van der Waals surface area contributed by atoms with E-state index in [0.29, 0.717) is 26.2 Å². The summed E-state index contributed by atoms with van der Waals surface area (Å²) in [6.07, 6.45) is -3.77. The second-order valence-electron chi connectivity index (χ2n) is 6.91. The van der Waals surface area contributed by atoms with Crippen LogP contribution in [0.1, 0.15) is 22.5 Å². The smallest absolute Gasteiger partial charge is 0.368 e. The van der Waals surface area contributed by atoms with E-state index in [0.717, 1.165) is 16.6 Å². The number of piperazine rings is 1. The molecule has 7 nitrogen and oxygen atoms in total. The fraction of sp³-hybridized carbons (Fsp3) is 0.421. The molecule has 3 rings (SSSR count). The summed E-state index contributed by atoms with van der Waals surface area (Å²) in [4.78, 5) is 28.1. The summed E-state index contributed by atoms with van der Waals surface area (Å²) in [5.74, 6) is -1.44. The number of amides is 2. The van der Waals surface area contributed by atoms with E-state index in [9.17, 15) is 27.2 Å². The van der Waals surface area contributed by atoms with E-state index in [-0.39, 0.29) is 24.7 Å². The molecule has 0 atom stereocenters. The number of hydrogen-bond donors (Lipinski definition) is 1. The quantitative estimate of drug-likeness (QED) is 0.742. The lowest BCUT2D eigenvalue weighted by molar-refractivity contribution is -0.141. The summed E-state index contributed by atoms with van der Waals surface area (Å²) in [5, 5.41) is 5.64. The molecule has 1 aromatic carbocycles. The SMILES string of the molecule is Cn1cc(C(=O)NCCC(=O)N2CCN(c3ccc(F)cc3)CC2)c(C(F)(F)F)n1. The fourth-order valence-electron chi connectivity index (χ4n) is 3.27. The number of hydrogen-bond acceptors (Lipinski definition) is 4. The van der Waals surface area contributed by atoms with Gasteiger partial charge in [0.15, 0.2) is 5.69 Å². The second-order valence-corrected chi connectivity index (χ2v) is 6.91. The van der Waals surface area contributed by atoms with Gasteiger partial charge in [-0.25, -0.2) is 4.39 Å². The highest BCUT2D eigenvalue weighted by Gasteiger charge is 2.38. The van der Waals surface area contributed by atoms with Gasteiger partial charge in [0.2, 0.25) is 5.91 Å². The van der Waals surface area contributed by atoms with Crippen LogP contribution in [0, 0.1) is 5.82 Å². The molecule has 2 heterocycles. The van der Waals surface area contributed by atoms with Crippen molar-refractivity contribution < 1.29 is 27.2 Å². The highest BCUT2D eigenvalue weighted by Crippen LogP contribution is 2.30. The van der Waals surface area contributed by atoms with Crippen molar-refractivity contribution in [2.45, 2.75) is 12.6 Å². The number of halogens is 4. The Labute approximate surface area is 170 Å². The van der Waals surface area contributed by atoms with Crippen LogP contribution in [0.15, 0.2) is 30.5 Å². The van der Waals surface area contributed by atoms with Crippen molar-refractivity contribution in [3.05, 3.63) is 47.5 Å². The number of anilines is 1. The zero-order valence-electron chi connectivity index (χ0n) is 16.2. The maximum atomic E-state index is 13.0. The summed E-state index contributed by atoms with van der Waals surface area (Å²) in [5.41, 5.74) is -0.969.